The van der Waals surface area contributed by atoms with E-state index >= 15 is 0 Å². The summed E-state index contributed by atoms with van der Waals surface area (Å²) in [6.45, 7) is 4.16. The van der Waals surface area contributed by atoms with Gasteiger partial charge >= 0.3 is 5.97 Å². The van der Waals surface area contributed by atoms with Gasteiger partial charge in [0.15, 0.2) is 0 Å². The van der Waals surface area contributed by atoms with Crippen LogP contribution in [0, 0.1) is 0 Å². The molecule has 0 amide bonds. The molecule has 0 heterocycles. The van der Waals surface area contributed by atoms with Gasteiger partial charge in [0.2, 0.25) is 0 Å². The third-order valence-electron chi connectivity index (χ3n) is 3.87. The van der Waals surface area contributed by atoms with E-state index in [2.05, 4.69) is 42.5 Å². The molecule has 0 unspecified atom stereocenters. The highest BCUT2D eigenvalue weighted by atomic mass is 16.5. The van der Waals surface area contributed by atoms with Crippen LogP contribution in [0.3, 0.4) is 0 Å². The summed E-state index contributed by atoms with van der Waals surface area (Å²) in [5, 5.41) is 0. The van der Waals surface area contributed by atoms with Gasteiger partial charge in [0.05, 0.1) is 6.61 Å². The van der Waals surface area contributed by atoms with Crippen molar-refractivity contribution in [3.63, 3.8) is 0 Å². The van der Waals surface area contributed by atoms with Crippen molar-refractivity contribution in [2.24, 2.45) is 0 Å². The van der Waals surface area contributed by atoms with E-state index in [0.717, 1.165) is 17.6 Å². The molecule has 0 aromatic heterocycles. The third-order valence-corrected chi connectivity index (χ3v) is 3.87. The minimum atomic E-state index is -0.279. The van der Waals surface area contributed by atoms with E-state index in [1.165, 1.54) is 22.3 Å². The van der Waals surface area contributed by atoms with E-state index < -0.39 is 0 Å². The number of hydrogen-bond donors (Lipinski definition) is 0. The lowest BCUT2D eigenvalue weighted by atomic mass is 10.00. The number of hydrogen-bond acceptors (Lipinski definition) is 2. The van der Waals surface area contributed by atoms with Crippen LogP contribution in [0.4, 0.5) is 0 Å². The molecule has 0 aliphatic heterocycles. The number of rotatable bonds is 3. The van der Waals surface area contributed by atoms with E-state index in [1.54, 1.807) is 6.08 Å². The lowest BCUT2D eigenvalue weighted by Crippen LogP contribution is -2.00. The van der Waals surface area contributed by atoms with Crippen LogP contribution in [-0.4, -0.2) is 12.6 Å². The van der Waals surface area contributed by atoms with Crippen LogP contribution < -0.4 is 0 Å². The average molecular weight is 278 g/mol. The number of allylic oxidation sites excluding steroid dienone is 1. The molecule has 0 bridgehead atoms. The lowest BCUT2D eigenvalue weighted by Gasteiger charge is -2.06. The quantitative estimate of drug-likeness (QED) is 0.529. The van der Waals surface area contributed by atoms with Gasteiger partial charge in [-0.1, -0.05) is 42.5 Å². The molecule has 106 valence electrons. The summed E-state index contributed by atoms with van der Waals surface area (Å²) in [4.78, 5) is 11.5. The van der Waals surface area contributed by atoms with Crippen molar-refractivity contribution in [2.75, 3.05) is 6.61 Å². The second kappa shape index (κ2) is 5.57. The summed E-state index contributed by atoms with van der Waals surface area (Å²) in [5.74, 6) is -0.279. The first-order valence-corrected chi connectivity index (χ1v) is 7.25. The van der Waals surface area contributed by atoms with Gasteiger partial charge in [-0.2, -0.15) is 0 Å². The van der Waals surface area contributed by atoms with Gasteiger partial charge in [-0.3, -0.25) is 0 Å². The molecule has 1 aliphatic carbocycles. The van der Waals surface area contributed by atoms with Crippen LogP contribution in [0.2, 0.25) is 0 Å². The second-order valence-corrected chi connectivity index (χ2v) is 5.29. The van der Waals surface area contributed by atoms with Crippen molar-refractivity contribution < 1.29 is 9.53 Å². The first-order chi connectivity index (χ1) is 10.2. The number of esters is 1. The topological polar surface area (TPSA) is 26.3 Å². The van der Waals surface area contributed by atoms with Crippen LogP contribution in [0.15, 0.2) is 48.5 Å². The molecule has 2 heteroatoms. The zero-order chi connectivity index (χ0) is 14.8. The van der Waals surface area contributed by atoms with Crippen molar-refractivity contribution in [2.45, 2.75) is 20.3 Å². The SMILES string of the molecule is CCOC(=O)/C=C(/C)c1ccc2c(c1)Cc1ccccc1-2. The van der Waals surface area contributed by atoms with Gasteiger partial charge in [0, 0.05) is 6.08 Å². The van der Waals surface area contributed by atoms with Gasteiger partial charge < -0.3 is 4.74 Å². The maximum absolute atomic E-state index is 11.5. The molecule has 1 aliphatic rings. The molecule has 2 nitrogen and oxygen atoms in total. The number of fused-ring (bicyclic) bond motifs is 3. The highest BCUT2D eigenvalue weighted by Crippen LogP contribution is 2.37. The van der Waals surface area contributed by atoms with E-state index in [4.69, 9.17) is 4.74 Å². The van der Waals surface area contributed by atoms with Crippen LogP contribution in [0.1, 0.15) is 30.5 Å². The molecule has 0 fully saturated rings. The first kappa shape index (κ1) is 13.6. The zero-order valence-electron chi connectivity index (χ0n) is 12.3. The molecule has 0 spiro atoms. The lowest BCUT2D eigenvalue weighted by molar-refractivity contribution is -0.137. The van der Waals surface area contributed by atoms with Gasteiger partial charge in [-0.05, 0) is 53.7 Å². The fourth-order valence-electron chi connectivity index (χ4n) is 2.83. The van der Waals surface area contributed by atoms with Gasteiger partial charge in [-0.25, -0.2) is 4.79 Å². The summed E-state index contributed by atoms with van der Waals surface area (Å²) in [6, 6.07) is 14.9. The monoisotopic (exact) mass is 278 g/mol. The molecule has 0 atom stereocenters. The Hall–Kier alpha value is -2.35. The minimum Gasteiger partial charge on any atom is -0.463 e. The Morgan fingerprint density at radius 1 is 1.14 bits per heavy atom. The Balaban J connectivity index is 1.92. The largest absolute Gasteiger partial charge is 0.463 e. The summed E-state index contributed by atoms with van der Waals surface area (Å²) in [7, 11) is 0. The van der Waals surface area contributed by atoms with Gasteiger partial charge in [0.25, 0.3) is 0 Å². The molecular weight excluding hydrogens is 260 g/mol. The van der Waals surface area contributed by atoms with Crippen LogP contribution >= 0.6 is 0 Å². The number of carbonyl (C=O) groups excluding carboxylic acids is 1. The summed E-state index contributed by atoms with van der Waals surface area (Å²) in [5.41, 5.74) is 7.34. The Labute approximate surface area is 125 Å². The predicted molar refractivity (Wildman–Crippen MR) is 85.0 cm³/mol. The summed E-state index contributed by atoms with van der Waals surface area (Å²) >= 11 is 0. The minimum absolute atomic E-state index is 0.279. The second-order valence-electron chi connectivity index (χ2n) is 5.29. The van der Waals surface area contributed by atoms with E-state index in [9.17, 15) is 4.79 Å². The van der Waals surface area contributed by atoms with Crippen molar-refractivity contribution >= 4 is 11.5 Å². The zero-order valence-corrected chi connectivity index (χ0v) is 12.3. The standard InChI is InChI=1S/C19H18O2/c1-3-21-19(20)10-13(2)14-8-9-18-16(11-14)12-15-6-4-5-7-17(15)18/h4-11H,3,12H2,1-2H3/b13-10-. The Morgan fingerprint density at radius 2 is 1.90 bits per heavy atom. The van der Waals surface area contributed by atoms with E-state index in [-0.39, 0.29) is 5.97 Å². The number of ether oxygens (including phenoxy) is 1. The Bertz CT molecular complexity index is 726. The Kier molecular flexibility index (Phi) is 3.61. The van der Waals surface area contributed by atoms with E-state index in [1.807, 2.05) is 13.8 Å². The maximum atomic E-state index is 11.5. The third kappa shape index (κ3) is 2.62. The van der Waals surface area contributed by atoms with Gasteiger partial charge in [0.1, 0.15) is 0 Å². The number of benzene rings is 2. The maximum Gasteiger partial charge on any atom is 0.331 e. The molecule has 2 aromatic rings. The normalized spacial score (nSPS) is 12.8. The fraction of sp³-hybridized carbons (Fsp3) is 0.211. The van der Waals surface area contributed by atoms with Crippen molar-refractivity contribution in [1.29, 1.82) is 0 Å². The van der Waals surface area contributed by atoms with Gasteiger partial charge in [-0.15, -0.1) is 0 Å². The molecule has 2 aromatic carbocycles. The van der Waals surface area contributed by atoms with Crippen LogP contribution in [0.25, 0.3) is 16.7 Å². The van der Waals surface area contributed by atoms with E-state index in [0.29, 0.717) is 6.61 Å². The predicted octanol–water partition coefficient (Wildman–Crippen LogP) is 4.22. The number of carbonyl (C=O) groups is 1. The smallest absolute Gasteiger partial charge is 0.331 e. The molecule has 0 saturated heterocycles. The summed E-state index contributed by atoms with van der Waals surface area (Å²) < 4.78 is 4.96. The average Bonchev–Trinajstić information content (AvgIpc) is 2.85. The highest BCUT2D eigenvalue weighted by Gasteiger charge is 2.18. The Morgan fingerprint density at radius 3 is 2.71 bits per heavy atom. The molecule has 21 heavy (non-hydrogen) atoms. The fourth-order valence-corrected chi connectivity index (χ4v) is 2.83. The molecule has 0 saturated carbocycles. The molecule has 3 rings (SSSR count). The van der Waals surface area contributed by atoms with Crippen molar-refractivity contribution in [1.82, 2.24) is 0 Å². The summed E-state index contributed by atoms with van der Waals surface area (Å²) in [6.07, 6.45) is 2.53. The van der Waals surface area contributed by atoms with Crippen molar-refractivity contribution in [3.05, 3.63) is 65.2 Å². The first-order valence-electron chi connectivity index (χ1n) is 7.25. The molecule has 0 N–H and O–H groups in total. The molecule has 0 radical (unpaired) electrons. The van der Waals surface area contributed by atoms with Crippen molar-refractivity contribution in [3.8, 4) is 11.1 Å². The van der Waals surface area contributed by atoms with Crippen LogP contribution in [-0.2, 0) is 16.0 Å². The highest BCUT2D eigenvalue weighted by molar-refractivity contribution is 5.91. The molecular formula is C19H18O2. The van der Waals surface area contributed by atoms with Crippen LogP contribution in [0.5, 0.6) is 0 Å².